The molecule has 0 spiro atoms. The molecule has 102 valence electrons. The molecule has 19 heavy (non-hydrogen) atoms. The third kappa shape index (κ3) is 3.32. The van der Waals surface area contributed by atoms with Gasteiger partial charge in [-0.3, -0.25) is 9.59 Å². The van der Waals surface area contributed by atoms with Gasteiger partial charge in [-0.15, -0.1) is 0 Å². The molecular formula is C13H15BrN2O3. The molecule has 1 aromatic rings. The van der Waals surface area contributed by atoms with Crippen molar-refractivity contribution in [3.05, 3.63) is 28.5 Å². The van der Waals surface area contributed by atoms with E-state index in [1.54, 1.807) is 12.3 Å². The zero-order valence-electron chi connectivity index (χ0n) is 10.6. The molecule has 5 nitrogen and oxygen atoms in total. The monoisotopic (exact) mass is 326 g/mol. The largest absolute Gasteiger partial charge is 0.469 e. The number of hydrogen-bond donors (Lipinski definition) is 1. The number of amides is 1. The number of nitrogens with zero attached hydrogens (tertiary/aromatic N) is 1. The molecule has 1 saturated carbocycles. The second kappa shape index (κ2) is 5.69. The molecule has 0 saturated heterocycles. The Morgan fingerprint density at radius 3 is 2.84 bits per heavy atom. The van der Waals surface area contributed by atoms with Crippen LogP contribution in [0, 0.1) is 5.41 Å². The van der Waals surface area contributed by atoms with Crippen molar-refractivity contribution in [2.24, 2.45) is 5.41 Å². The summed E-state index contributed by atoms with van der Waals surface area (Å²) in [5, 5.41) is 2.79. The highest BCUT2D eigenvalue weighted by Crippen LogP contribution is 2.46. The van der Waals surface area contributed by atoms with Gasteiger partial charge in [0.2, 0.25) is 5.91 Å². The number of halogens is 1. The van der Waals surface area contributed by atoms with Crippen molar-refractivity contribution in [3.63, 3.8) is 0 Å². The maximum absolute atomic E-state index is 11.8. The molecule has 0 aromatic carbocycles. The standard InChI is InChI=1S/C13H15BrN2O3/c1-19-12(18)13(4-5-13)8-16-10(17)7-9-3-2-6-15-11(9)14/h2-3,6H,4-5,7-8H2,1H3,(H,16,17). The van der Waals surface area contributed by atoms with E-state index in [-0.39, 0.29) is 18.3 Å². The molecule has 1 amide bonds. The van der Waals surface area contributed by atoms with Crippen LogP contribution in [0.4, 0.5) is 0 Å². The molecule has 1 aromatic heterocycles. The topological polar surface area (TPSA) is 68.3 Å². The first-order valence-electron chi connectivity index (χ1n) is 6.02. The van der Waals surface area contributed by atoms with Crippen molar-refractivity contribution in [2.45, 2.75) is 19.3 Å². The van der Waals surface area contributed by atoms with Crippen molar-refractivity contribution in [1.82, 2.24) is 10.3 Å². The first-order valence-corrected chi connectivity index (χ1v) is 6.81. The summed E-state index contributed by atoms with van der Waals surface area (Å²) >= 11 is 3.30. The number of rotatable bonds is 5. The highest BCUT2D eigenvalue weighted by atomic mass is 79.9. The number of pyridine rings is 1. The van der Waals surface area contributed by atoms with Crippen LogP contribution in [-0.2, 0) is 20.7 Å². The summed E-state index contributed by atoms with van der Waals surface area (Å²) in [6.45, 7) is 0.344. The maximum atomic E-state index is 11.8. The van der Waals surface area contributed by atoms with Gasteiger partial charge in [-0.1, -0.05) is 6.07 Å². The summed E-state index contributed by atoms with van der Waals surface area (Å²) in [5.74, 6) is -0.362. The molecule has 0 radical (unpaired) electrons. The van der Waals surface area contributed by atoms with E-state index in [0.717, 1.165) is 18.4 Å². The number of esters is 1. The molecule has 1 N–H and O–H groups in total. The molecule has 1 fully saturated rings. The Morgan fingerprint density at radius 1 is 1.53 bits per heavy atom. The Kier molecular flexibility index (Phi) is 4.19. The van der Waals surface area contributed by atoms with Crippen LogP contribution in [0.15, 0.2) is 22.9 Å². The first kappa shape index (κ1) is 14.0. The van der Waals surface area contributed by atoms with Crippen LogP contribution in [-0.4, -0.2) is 30.5 Å². The number of hydrogen-bond acceptors (Lipinski definition) is 4. The molecule has 1 aliphatic rings. The number of carbonyl (C=O) groups is 2. The quantitative estimate of drug-likeness (QED) is 0.657. The minimum atomic E-state index is -0.490. The molecule has 2 rings (SSSR count). The fraction of sp³-hybridized carbons (Fsp3) is 0.462. The fourth-order valence-electron chi connectivity index (χ4n) is 1.87. The van der Waals surface area contributed by atoms with Crippen LogP contribution in [0.3, 0.4) is 0 Å². The Morgan fingerprint density at radius 2 is 2.26 bits per heavy atom. The van der Waals surface area contributed by atoms with Gasteiger partial charge < -0.3 is 10.1 Å². The molecule has 1 aliphatic carbocycles. The third-order valence-corrected chi connectivity index (χ3v) is 4.00. The normalized spacial score (nSPS) is 15.7. The van der Waals surface area contributed by atoms with Gasteiger partial charge in [0.05, 0.1) is 18.9 Å². The van der Waals surface area contributed by atoms with Crippen LogP contribution >= 0.6 is 15.9 Å². The lowest BCUT2D eigenvalue weighted by Gasteiger charge is -2.13. The van der Waals surface area contributed by atoms with E-state index in [0.29, 0.717) is 11.1 Å². The number of aromatic nitrogens is 1. The van der Waals surface area contributed by atoms with E-state index < -0.39 is 5.41 Å². The third-order valence-electron chi connectivity index (χ3n) is 3.28. The van der Waals surface area contributed by atoms with E-state index >= 15 is 0 Å². The molecular weight excluding hydrogens is 312 g/mol. The van der Waals surface area contributed by atoms with Gasteiger partial charge in [0.15, 0.2) is 0 Å². The molecule has 0 aliphatic heterocycles. The van der Waals surface area contributed by atoms with Crippen molar-refractivity contribution < 1.29 is 14.3 Å². The molecule has 0 atom stereocenters. The Balaban J connectivity index is 1.86. The van der Waals surface area contributed by atoms with Crippen molar-refractivity contribution >= 4 is 27.8 Å². The average molecular weight is 327 g/mol. The lowest BCUT2D eigenvalue weighted by molar-refractivity contribution is -0.147. The predicted molar refractivity (Wildman–Crippen MR) is 72.3 cm³/mol. The lowest BCUT2D eigenvalue weighted by Crippen LogP contribution is -2.35. The zero-order valence-corrected chi connectivity index (χ0v) is 12.2. The van der Waals surface area contributed by atoms with Gasteiger partial charge in [-0.2, -0.15) is 0 Å². The fourth-order valence-corrected chi connectivity index (χ4v) is 2.27. The lowest BCUT2D eigenvalue weighted by atomic mass is 10.1. The van der Waals surface area contributed by atoms with Gasteiger partial charge in [0, 0.05) is 12.7 Å². The van der Waals surface area contributed by atoms with E-state index in [9.17, 15) is 9.59 Å². The van der Waals surface area contributed by atoms with Gasteiger partial charge in [-0.25, -0.2) is 4.98 Å². The van der Waals surface area contributed by atoms with E-state index in [4.69, 9.17) is 4.74 Å². The Bertz CT molecular complexity index is 500. The highest BCUT2D eigenvalue weighted by Gasteiger charge is 2.51. The van der Waals surface area contributed by atoms with Crippen molar-refractivity contribution in [1.29, 1.82) is 0 Å². The average Bonchev–Trinajstić information content (AvgIpc) is 3.19. The smallest absolute Gasteiger partial charge is 0.313 e. The van der Waals surface area contributed by atoms with E-state index in [1.807, 2.05) is 6.07 Å². The minimum Gasteiger partial charge on any atom is -0.469 e. The van der Waals surface area contributed by atoms with E-state index in [1.165, 1.54) is 7.11 Å². The van der Waals surface area contributed by atoms with Crippen LogP contribution in [0.25, 0.3) is 0 Å². The van der Waals surface area contributed by atoms with Crippen molar-refractivity contribution in [2.75, 3.05) is 13.7 Å². The van der Waals surface area contributed by atoms with E-state index in [2.05, 4.69) is 26.2 Å². The number of carbonyl (C=O) groups excluding carboxylic acids is 2. The second-order valence-electron chi connectivity index (χ2n) is 4.68. The second-order valence-corrected chi connectivity index (χ2v) is 5.43. The predicted octanol–water partition coefficient (Wildman–Crippen LogP) is 1.46. The first-order chi connectivity index (χ1) is 9.07. The summed E-state index contributed by atoms with van der Waals surface area (Å²) < 4.78 is 5.41. The van der Waals surface area contributed by atoms with Crippen LogP contribution in [0.1, 0.15) is 18.4 Å². The van der Waals surface area contributed by atoms with Gasteiger partial charge in [0.1, 0.15) is 4.60 Å². The summed E-state index contributed by atoms with van der Waals surface area (Å²) in [6.07, 6.45) is 3.45. The molecule has 0 bridgehead atoms. The number of methoxy groups -OCH3 is 1. The molecule has 0 unspecified atom stereocenters. The van der Waals surface area contributed by atoms with Crippen molar-refractivity contribution in [3.8, 4) is 0 Å². The van der Waals surface area contributed by atoms with Crippen LogP contribution < -0.4 is 5.32 Å². The van der Waals surface area contributed by atoms with Gasteiger partial charge >= 0.3 is 5.97 Å². The van der Waals surface area contributed by atoms with Crippen LogP contribution in [0.2, 0.25) is 0 Å². The maximum Gasteiger partial charge on any atom is 0.313 e. The highest BCUT2D eigenvalue weighted by molar-refractivity contribution is 9.10. The van der Waals surface area contributed by atoms with Crippen LogP contribution in [0.5, 0.6) is 0 Å². The Labute approximate surface area is 119 Å². The number of ether oxygens (including phenoxy) is 1. The summed E-state index contributed by atoms with van der Waals surface area (Å²) in [6, 6.07) is 3.62. The summed E-state index contributed by atoms with van der Waals surface area (Å²) in [5.41, 5.74) is 0.333. The SMILES string of the molecule is COC(=O)C1(CNC(=O)Cc2cccnc2Br)CC1. The van der Waals surface area contributed by atoms with Gasteiger partial charge in [-0.05, 0) is 40.4 Å². The summed E-state index contributed by atoms with van der Waals surface area (Å²) in [4.78, 5) is 27.4. The van der Waals surface area contributed by atoms with Gasteiger partial charge in [0.25, 0.3) is 0 Å². The molecule has 6 heteroatoms. The number of nitrogens with one attached hydrogen (secondary N) is 1. The Hall–Kier alpha value is -1.43. The molecule has 1 heterocycles. The minimum absolute atomic E-state index is 0.121. The zero-order chi connectivity index (χ0) is 13.9. The summed E-state index contributed by atoms with van der Waals surface area (Å²) in [7, 11) is 1.37.